The highest BCUT2D eigenvalue weighted by Crippen LogP contribution is 2.03. The fraction of sp³-hybridized carbons (Fsp3) is 0.625. The molecule has 0 bridgehead atoms. The summed E-state index contributed by atoms with van der Waals surface area (Å²) in [6.45, 7) is 3.72. The first-order valence-corrected chi connectivity index (χ1v) is 4.81. The van der Waals surface area contributed by atoms with Gasteiger partial charge in [-0.2, -0.15) is 11.8 Å². The molecule has 0 saturated carbocycles. The lowest BCUT2D eigenvalue weighted by Gasteiger charge is -1.94. The summed E-state index contributed by atoms with van der Waals surface area (Å²) in [7, 11) is 0. The molecule has 0 aliphatic rings. The number of allylic oxidation sites excluding steroid dienone is 1. The topological polar surface area (TPSA) is 37.3 Å². The van der Waals surface area contributed by atoms with Gasteiger partial charge in [-0.25, -0.2) is 4.79 Å². The summed E-state index contributed by atoms with van der Waals surface area (Å²) in [5.74, 6) is 1.30. The smallest absolute Gasteiger partial charge is 0.330 e. The van der Waals surface area contributed by atoms with Gasteiger partial charge in [-0.1, -0.05) is 13.0 Å². The van der Waals surface area contributed by atoms with Gasteiger partial charge in [0.2, 0.25) is 0 Å². The van der Waals surface area contributed by atoms with Crippen molar-refractivity contribution in [3.63, 3.8) is 0 Å². The number of carboxylic acids is 1. The van der Waals surface area contributed by atoms with Gasteiger partial charge in [-0.15, -0.1) is 0 Å². The minimum atomic E-state index is -0.813. The molecule has 1 N–H and O–H groups in total. The molecule has 11 heavy (non-hydrogen) atoms. The van der Waals surface area contributed by atoms with Crippen LogP contribution in [0.4, 0.5) is 0 Å². The van der Waals surface area contributed by atoms with Crippen LogP contribution in [0.1, 0.15) is 20.3 Å². The van der Waals surface area contributed by atoms with Gasteiger partial charge in [0.25, 0.3) is 0 Å². The second-order valence-electron chi connectivity index (χ2n) is 2.18. The van der Waals surface area contributed by atoms with Crippen LogP contribution in [0.25, 0.3) is 0 Å². The molecular weight excluding hydrogens is 160 g/mol. The van der Waals surface area contributed by atoms with Crippen LogP contribution < -0.4 is 0 Å². The van der Waals surface area contributed by atoms with Gasteiger partial charge in [0.05, 0.1) is 0 Å². The van der Waals surface area contributed by atoms with Crippen molar-refractivity contribution < 1.29 is 9.90 Å². The van der Waals surface area contributed by atoms with Crippen LogP contribution in [-0.2, 0) is 4.79 Å². The maximum Gasteiger partial charge on any atom is 0.330 e. The lowest BCUT2D eigenvalue weighted by Crippen LogP contribution is -1.95. The average molecular weight is 174 g/mol. The minimum absolute atomic E-state index is 0.446. The molecule has 0 aromatic heterocycles. The molecule has 0 amide bonds. The van der Waals surface area contributed by atoms with Gasteiger partial charge in [0.1, 0.15) is 0 Å². The van der Waals surface area contributed by atoms with E-state index in [-0.39, 0.29) is 0 Å². The van der Waals surface area contributed by atoms with Crippen LogP contribution in [0.5, 0.6) is 0 Å². The maximum atomic E-state index is 10.3. The fourth-order valence-corrected chi connectivity index (χ4v) is 1.16. The van der Waals surface area contributed by atoms with Crippen molar-refractivity contribution >= 4 is 17.7 Å². The van der Waals surface area contributed by atoms with Crippen LogP contribution in [-0.4, -0.2) is 22.6 Å². The van der Waals surface area contributed by atoms with Crippen LogP contribution >= 0.6 is 11.8 Å². The largest absolute Gasteiger partial charge is 0.478 e. The Balaban J connectivity index is 3.48. The predicted molar refractivity (Wildman–Crippen MR) is 49.0 cm³/mol. The zero-order valence-electron chi connectivity index (χ0n) is 6.96. The van der Waals surface area contributed by atoms with E-state index in [0.717, 1.165) is 17.9 Å². The van der Waals surface area contributed by atoms with E-state index in [9.17, 15) is 4.79 Å². The zero-order chi connectivity index (χ0) is 8.69. The van der Waals surface area contributed by atoms with Crippen molar-refractivity contribution in [3.05, 3.63) is 11.6 Å². The molecule has 0 heterocycles. The second-order valence-corrected chi connectivity index (χ2v) is 3.57. The van der Waals surface area contributed by atoms with Crippen LogP contribution in [0.3, 0.4) is 0 Å². The summed E-state index contributed by atoms with van der Waals surface area (Å²) in [5, 5.41) is 8.46. The van der Waals surface area contributed by atoms with Gasteiger partial charge in [-0.05, 0) is 24.9 Å². The summed E-state index contributed by atoms with van der Waals surface area (Å²) in [6, 6.07) is 0. The first kappa shape index (κ1) is 10.6. The quantitative estimate of drug-likeness (QED) is 0.512. The first-order valence-electron chi connectivity index (χ1n) is 3.66. The molecule has 2 nitrogen and oxygen atoms in total. The molecule has 0 spiro atoms. The van der Waals surface area contributed by atoms with Crippen LogP contribution in [0.15, 0.2) is 11.6 Å². The number of aliphatic carboxylic acids is 1. The number of hydrogen-bond donors (Lipinski definition) is 1. The van der Waals surface area contributed by atoms with Crippen LogP contribution in [0.2, 0.25) is 0 Å². The van der Waals surface area contributed by atoms with Gasteiger partial charge in [-0.3, -0.25) is 0 Å². The molecule has 0 rings (SSSR count). The number of carboxylic acid groups (broad SMARTS) is 1. The molecule has 3 heteroatoms. The van der Waals surface area contributed by atoms with Crippen molar-refractivity contribution in [2.45, 2.75) is 20.3 Å². The monoisotopic (exact) mass is 174 g/mol. The predicted octanol–water partition coefficient (Wildman–Crippen LogP) is 2.16. The zero-order valence-corrected chi connectivity index (χ0v) is 7.78. The molecular formula is C8H14O2S. The third-order valence-electron chi connectivity index (χ3n) is 1.25. The van der Waals surface area contributed by atoms with Crippen molar-refractivity contribution in [1.82, 2.24) is 0 Å². The third-order valence-corrected chi connectivity index (χ3v) is 2.19. The molecule has 0 fully saturated rings. The lowest BCUT2D eigenvalue weighted by molar-refractivity contribution is -0.132. The Morgan fingerprint density at radius 2 is 2.27 bits per heavy atom. The minimum Gasteiger partial charge on any atom is -0.478 e. The van der Waals surface area contributed by atoms with E-state index < -0.39 is 5.97 Å². The Bertz CT molecular complexity index is 152. The van der Waals surface area contributed by atoms with E-state index in [1.807, 2.05) is 11.8 Å². The highest BCUT2D eigenvalue weighted by Gasteiger charge is 1.96. The SMILES string of the molecule is CCSCCC=C(C)C(=O)O. The molecule has 0 unspecified atom stereocenters. The van der Waals surface area contributed by atoms with Gasteiger partial charge < -0.3 is 5.11 Å². The summed E-state index contributed by atoms with van der Waals surface area (Å²) in [4.78, 5) is 10.3. The molecule has 0 radical (unpaired) electrons. The Hall–Kier alpha value is -0.440. The van der Waals surface area contributed by atoms with Crippen molar-refractivity contribution in [3.8, 4) is 0 Å². The van der Waals surface area contributed by atoms with E-state index in [2.05, 4.69) is 6.92 Å². The normalized spacial score (nSPS) is 11.6. The second kappa shape index (κ2) is 6.28. The Morgan fingerprint density at radius 3 is 2.73 bits per heavy atom. The summed E-state index contributed by atoms with van der Waals surface area (Å²) < 4.78 is 0. The summed E-state index contributed by atoms with van der Waals surface area (Å²) in [6.07, 6.45) is 2.63. The van der Waals surface area contributed by atoms with E-state index in [4.69, 9.17) is 5.11 Å². The molecule has 0 atom stereocenters. The maximum absolute atomic E-state index is 10.3. The molecule has 64 valence electrons. The first-order chi connectivity index (χ1) is 5.18. The summed E-state index contributed by atoms with van der Waals surface area (Å²) >= 11 is 1.82. The number of carbonyl (C=O) groups is 1. The van der Waals surface area contributed by atoms with E-state index in [0.29, 0.717) is 5.57 Å². The highest BCUT2D eigenvalue weighted by atomic mass is 32.2. The molecule has 0 saturated heterocycles. The fourth-order valence-electron chi connectivity index (χ4n) is 0.590. The van der Waals surface area contributed by atoms with Crippen molar-refractivity contribution in [1.29, 1.82) is 0 Å². The standard InChI is InChI=1S/C8H14O2S/c1-3-11-6-4-5-7(2)8(9)10/h5H,3-4,6H2,1-2H3,(H,9,10). The Kier molecular flexibility index (Phi) is 6.03. The molecule has 0 aliphatic heterocycles. The van der Waals surface area contributed by atoms with Gasteiger partial charge in [0.15, 0.2) is 0 Å². The van der Waals surface area contributed by atoms with Crippen molar-refractivity contribution in [2.24, 2.45) is 0 Å². The molecule has 0 aliphatic carbocycles. The number of hydrogen-bond acceptors (Lipinski definition) is 2. The van der Waals surface area contributed by atoms with E-state index in [1.165, 1.54) is 0 Å². The average Bonchev–Trinajstić information content (AvgIpc) is 1.97. The highest BCUT2D eigenvalue weighted by molar-refractivity contribution is 7.99. The van der Waals surface area contributed by atoms with E-state index in [1.54, 1.807) is 13.0 Å². The number of rotatable bonds is 5. The Labute approximate surface area is 71.7 Å². The van der Waals surface area contributed by atoms with Crippen molar-refractivity contribution in [2.75, 3.05) is 11.5 Å². The van der Waals surface area contributed by atoms with Gasteiger partial charge >= 0.3 is 5.97 Å². The number of thioether (sulfide) groups is 1. The third kappa shape index (κ3) is 5.98. The Morgan fingerprint density at radius 1 is 1.64 bits per heavy atom. The van der Waals surface area contributed by atoms with Gasteiger partial charge in [0, 0.05) is 5.57 Å². The lowest BCUT2D eigenvalue weighted by atomic mass is 10.2. The van der Waals surface area contributed by atoms with E-state index >= 15 is 0 Å². The molecule has 0 aromatic carbocycles. The van der Waals surface area contributed by atoms with Crippen LogP contribution in [0, 0.1) is 0 Å². The molecule has 0 aromatic rings. The summed E-state index contributed by atoms with van der Waals surface area (Å²) in [5.41, 5.74) is 0.446.